The Balaban J connectivity index is 0.00000133. The largest absolute Gasteiger partial charge is 1.00 e. The van der Waals surface area contributed by atoms with E-state index in [0.29, 0.717) is 5.56 Å². The van der Waals surface area contributed by atoms with Crippen molar-refractivity contribution >= 4 is 11.9 Å². The van der Waals surface area contributed by atoms with Gasteiger partial charge in [0.2, 0.25) is 5.91 Å². The van der Waals surface area contributed by atoms with E-state index in [-0.39, 0.29) is 41.2 Å². The van der Waals surface area contributed by atoms with Crippen LogP contribution in [0.2, 0.25) is 0 Å². The van der Waals surface area contributed by atoms with Gasteiger partial charge in [-0.1, -0.05) is 0 Å². The average Bonchev–Trinajstić information content (AvgIpc) is 2.60. The third kappa shape index (κ3) is 1.80. The number of carboxylic acid groups (broad SMARTS) is 1. The fourth-order valence-electron chi connectivity index (χ4n) is 2.81. The Hall–Kier alpha value is -1.02. The molecule has 1 saturated heterocycles. The first kappa shape index (κ1) is 14.4. The molecule has 0 aliphatic carbocycles. The van der Waals surface area contributed by atoms with E-state index in [0.717, 1.165) is 0 Å². The van der Waals surface area contributed by atoms with Gasteiger partial charge in [-0.2, -0.15) is 10.2 Å². The van der Waals surface area contributed by atoms with Gasteiger partial charge in [0.1, 0.15) is 6.04 Å². The van der Waals surface area contributed by atoms with Crippen LogP contribution >= 0.6 is 0 Å². The van der Waals surface area contributed by atoms with Gasteiger partial charge in [-0.15, -0.1) is 0 Å². The van der Waals surface area contributed by atoms with Gasteiger partial charge in [0, 0.05) is 11.8 Å². The first-order valence-corrected chi connectivity index (χ1v) is 5.56. The number of carbonyl (C=O) groups is 2. The third-order valence-corrected chi connectivity index (χ3v) is 3.56. The van der Waals surface area contributed by atoms with Gasteiger partial charge < -0.3 is 19.9 Å². The molecule has 8 heteroatoms. The number of carboxylic acids is 1. The Morgan fingerprint density at radius 3 is 2.84 bits per heavy atom. The molecule has 1 fully saturated rings. The molecule has 1 amide bonds. The van der Waals surface area contributed by atoms with Crippen molar-refractivity contribution in [3.05, 3.63) is 23.5 Å². The Bertz CT molecular complexity index is 550. The maximum Gasteiger partial charge on any atom is 1.00 e. The number of carbonyl (C=O) groups excluding carboxylic acids is 2. The van der Waals surface area contributed by atoms with Crippen molar-refractivity contribution in [3.63, 3.8) is 0 Å². The fraction of sp³-hybridized carbons (Fsp3) is 0.455. The summed E-state index contributed by atoms with van der Waals surface area (Å²) < 4.78 is 0. The number of fused-ring (bicyclic) bond motifs is 3. The maximum absolute atomic E-state index is 11.9. The molecule has 2 aliphatic heterocycles. The summed E-state index contributed by atoms with van der Waals surface area (Å²) in [5, 5.41) is 28.2. The third-order valence-electron chi connectivity index (χ3n) is 3.56. The fourth-order valence-corrected chi connectivity index (χ4v) is 2.81. The zero-order valence-corrected chi connectivity index (χ0v) is 12.5. The Morgan fingerprint density at radius 1 is 1.58 bits per heavy atom. The standard InChI is InChI=1S/C11H11N3O4.Na/c1-4(15)6-8-5-2-3-12-13-7(5)9(11(17)18)14(8)10(6)16;/h2-4,6,8-9,15H,1H3,(H,17,18);/q;+1/p-1/t4-,6-,8-,9?;/m1./s1. The van der Waals surface area contributed by atoms with Crippen LogP contribution in [0.1, 0.15) is 30.3 Å². The SMILES string of the molecule is C[C@@H](O)[C@H]1C(=O)N2C(C(=O)[O-])c3nnccc3[C@H]12.[Na+]. The van der Waals surface area contributed by atoms with Crippen LogP contribution in [-0.2, 0) is 9.59 Å². The van der Waals surface area contributed by atoms with Gasteiger partial charge >= 0.3 is 29.6 Å². The van der Waals surface area contributed by atoms with Gasteiger partial charge in [0.05, 0.1) is 29.7 Å². The number of β-lactam (4-membered cyclic amide) rings is 1. The molecule has 0 saturated carbocycles. The summed E-state index contributed by atoms with van der Waals surface area (Å²) in [6.45, 7) is 1.51. The minimum Gasteiger partial charge on any atom is -0.547 e. The average molecular weight is 271 g/mol. The molecule has 1 unspecified atom stereocenters. The van der Waals surface area contributed by atoms with Gasteiger partial charge in [-0.25, -0.2) is 0 Å². The van der Waals surface area contributed by atoms with Crippen LogP contribution in [0.3, 0.4) is 0 Å². The Labute approximate surface area is 130 Å². The molecule has 3 rings (SSSR count). The predicted molar refractivity (Wildman–Crippen MR) is 54.5 cm³/mol. The van der Waals surface area contributed by atoms with Crippen molar-refractivity contribution in [2.75, 3.05) is 0 Å². The number of hydrogen-bond acceptors (Lipinski definition) is 6. The predicted octanol–water partition coefficient (Wildman–Crippen LogP) is -4.83. The molecule has 0 bridgehead atoms. The van der Waals surface area contributed by atoms with E-state index in [1.54, 1.807) is 6.07 Å². The monoisotopic (exact) mass is 271 g/mol. The molecule has 0 radical (unpaired) electrons. The maximum atomic E-state index is 11.9. The molecule has 2 aliphatic rings. The summed E-state index contributed by atoms with van der Waals surface area (Å²) in [7, 11) is 0. The molecule has 3 heterocycles. The number of aliphatic hydroxyl groups excluding tert-OH is 1. The number of aromatic nitrogens is 2. The Kier molecular flexibility index (Phi) is 3.65. The van der Waals surface area contributed by atoms with E-state index in [1.165, 1.54) is 18.0 Å². The molecule has 4 atom stereocenters. The summed E-state index contributed by atoms with van der Waals surface area (Å²) in [5.74, 6) is -2.38. The summed E-state index contributed by atoms with van der Waals surface area (Å²) in [6.07, 6.45) is 0.608. The van der Waals surface area contributed by atoms with Crippen LogP contribution in [0, 0.1) is 5.92 Å². The van der Waals surface area contributed by atoms with Crippen molar-refractivity contribution in [2.45, 2.75) is 25.1 Å². The number of amides is 1. The van der Waals surface area contributed by atoms with Crippen LogP contribution in [0.15, 0.2) is 12.3 Å². The number of aliphatic carboxylic acids is 1. The molecule has 1 N–H and O–H groups in total. The minimum absolute atomic E-state index is 0. The van der Waals surface area contributed by atoms with E-state index in [9.17, 15) is 19.8 Å². The summed E-state index contributed by atoms with van der Waals surface area (Å²) in [6, 6.07) is -0.00259. The first-order chi connectivity index (χ1) is 8.54. The number of rotatable bonds is 2. The number of nitrogens with zero attached hydrogens (tertiary/aromatic N) is 3. The summed E-state index contributed by atoms with van der Waals surface area (Å²) in [4.78, 5) is 24.2. The molecular formula is C11H10N3NaO4. The minimum atomic E-state index is -1.38. The van der Waals surface area contributed by atoms with Crippen molar-refractivity contribution in [1.29, 1.82) is 0 Å². The van der Waals surface area contributed by atoms with E-state index in [2.05, 4.69) is 10.2 Å². The normalized spacial score (nSPS) is 28.8. The topological polar surface area (TPSA) is 106 Å². The van der Waals surface area contributed by atoms with Crippen molar-refractivity contribution < 1.29 is 49.4 Å². The van der Waals surface area contributed by atoms with Gasteiger partial charge in [-0.05, 0) is 13.0 Å². The molecule has 19 heavy (non-hydrogen) atoms. The van der Waals surface area contributed by atoms with E-state index >= 15 is 0 Å². The van der Waals surface area contributed by atoms with Crippen LogP contribution in [0.4, 0.5) is 0 Å². The smallest absolute Gasteiger partial charge is 0.547 e. The van der Waals surface area contributed by atoms with Crippen LogP contribution in [0.25, 0.3) is 0 Å². The molecule has 1 aromatic rings. The van der Waals surface area contributed by atoms with Crippen molar-refractivity contribution in [1.82, 2.24) is 15.1 Å². The van der Waals surface area contributed by atoms with Crippen LogP contribution < -0.4 is 34.7 Å². The molecule has 0 aromatic carbocycles. The Morgan fingerprint density at radius 2 is 2.26 bits per heavy atom. The second-order valence-corrected chi connectivity index (χ2v) is 4.55. The first-order valence-electron chi connectivity index (χ1n) is 5.56. The van der Waals surface area contributed by atoms with Gasteiger partial charge in [-0.3, -0.25) is 4.79 Å². The second-order valence-electron chi connectivity index (χ2n) is 4.55. The molecular weight excluding hydrogens is 261 g/mol. The van der Waals surface area contributed by atoms with E-state index in [4.69, 9.17) is 0 Å². The molecule has 1 aromatic heterocycles. The van der Waals surface area contributed by atoms with E-state index in [1.807, 2.05) is 0 Å². The van der Waals surface area contributed by atoms with E-state index < -0.39 is 30.1 Å². The zero-order valence-electron chi connectivity index (χ0n) is 10.5. The van der Waals surface area contributed by atoms with Crippen LogP contribution in [0.5, 0.6) is 0 Å². The quantitative estimate of drug-likeness (QED) is 0.427. The van der Waals surface area contributed by atoms with Gasteiger partial charge in [0.15, 0.2) is 0 Å². The summed E-state index contributed by atoms with van der Waals surface area (Å²) in [5.41, 5.74) is 0.865. The van der Waals surface area contributed by atoms with Crippen molar-refractivity contribution in [3.8, 4) is 0 Å². The van der Waals surface area contributed by atoms with Crippen LogP contribution in [-0.4, -0.2) is 38.2 Å². The molecule has 94 valence electrons. The molecule has 7 nitrogen and oxygen atoms in total. The van der Waals surface area contributed by atoms with Gasteiger partial charge in [0.25, 0.3) is 0 Å². The van der Waals surface area contributed by atoms with Crippen molar-refractivity contribution in [2.24, 2.45) is 5.92 Å². The number of aliphatic hydroxyl groups is 1. The second kappa shape index (κ2) is 4.82. The molecule has 0 spiro atoms. The summed E-state index contributed by atoms with van der Waals surface area (Å²) >= 11 is 0. The number of hydrogen-bond donors (Lipinski definition) is 1. The zero-order chi connectivity index (χ0) is 13.0.